The summed E-state index contributed by atoms with van der Waals surface area (Å²) in [5.74, 6) is 1.33. The summed E-state index contributed by atoms with van der Waals surface area (Å²) in [7, 11) is 1.99. The second-order valence-corrected chi connectivity index (χ2v) is 4.81. The Morgan fingerprint density at radius 1 is 1.29 bits per heavy atom. The van der Waals surface area contributed by atoms with Crippen LogP contribution in [0.2, 0.25) is 0 Å². The number of hydrogen-bond donors (Lipinski definition) is 0. The molecule has 1 amide bonds. The Kier molecular flexibility index (Phi) is 3.36. The third-order valence-electron chi connectivity index (χ3n) is 3.16. The third-order valence-corrected chi connectivity index (χ3v) is 3.16. The minimum atomic E-state index is 0.0923. The van der Waals surface area contributed by atoms with E-state index >= 15 is 0 Å². The van der Waals surface area contributed by atoms with Gasteiger partial charge in [0.25, 0.3) is 0 Å². The Bertz CT molecular complexity index is 391. The molecule has 0 unspecified atom stereocenters. The SMILES string of the molecule is CC(C)C(=O)N1CCN(c2nccn2C)CC1. The van der Waals surface area contributed by atoms with Crippen molar-refractivity contribution in [2.24, 2.45) is 13.0 Å². The van der Waals surface area contributed by atoms with Crippen molar-refractivity contribution in [2.45, 2.75) is 13.8 Å². The maximum atomic E-state index is 11.8. The van der Waals surface area contributed by atoms with Gasteiger partial charge in [-0.15, -0.1) is 0 Å². The van der Waals surface area contributed by atoms with Crippen molar-refractivity contribution in [1.82, 2.24) is 14.5 Å². The van der Waals surface area contributed by atoms with E-state index in [1.54, 1.807) is 6.20 Å². The van der Waals surface area contributed by atoms with Crippen LogP contribution in [0.3, 0.4) is 0 Å². The molecule has 1 saturated heterocycles. The van der Waals surface area contributed by atoms with Crippen molar-refractivity contribution in [3.8, 4) is 0 Å². The number of carbonyl (C=O) groups is 1. The molecule has 0 atom stereocenters. The van der Waals surface area contributed by atoms with Crippen LogP contribution in [0.15, 0.2) is 12.4 Å². The normalized spacial score (nSPS) is 16.7. The first kappa shape index (κ1) is 12.0. The molecule has 5 nitrogen and oxygen atoms in total. The van der Waals surface area contributed by atoms with Gasteiger partial charge in [0.15, 0.2) is 0 Å². The maximum Gasteiger partial charge on any atom is 0.225 e. The van der Waals surface area contributed by atoms with Crippen LogP contribution in [0.5, 0.6) is 0 Å². The summed E-state index contributed by atoms with van der Waals surface area (Å²) in [6, 6.07) is 0. The minimum Gasteiger partial charge on any atom is -0.339 e. The van der Waals surface area contributed by atoms with Gasteiger partial charge in [-0.25, -0.2) is 4.98 Å². The number of piperazine rings is 1. The summed E-state index contributed by atoms with van der Waals surface area (Å²) in [5, 5.41) is 0. The van der Waals surface area contributed by atoms with Crippen molar-refractivity contribution < 1.29 is 4.79 Å². The highest BCUT2D eigenvalue weighted by Gasteiger charge is 2.24. The molecule has 1 aromatic rings. The molecule has 2 rings (SSSR count). The van der Waals surface area contributed by atoms with Gasteiger partial charge in [0.05, 0.1) is 0 Å². The first-order chi connectivity index (χ1) is 8.09. The Labute approximate surface area is 102 Å². The van der Waals surface area contributed by atoms with E-state index in [9.17, 15) is 4.79 Å². The van der Waals surface area contributed by atoms with Crippen LogP contribution in [0.4, 0.5) is 5.95 Å². The number of aromatic nitrogens is 2. The molecule has 5 heteroatoms. The Morgan fingerprint density at radius 2 is 1.94 bits per heavy atom. The van der Waals surface area contributed by atoms with Gasteiger partial charge in [0.2, 0.25) is 11.9 Å². The quantitative estimate of drug-likeness (QED) is 0.760. The van der Waals surface area contributed by atoms with Gasteiger partial charge >= 0.3 is 0 Å². The van der Waals surface area contributed by atoms with E-state index in [0.717, 1.165) is 32.1 Å². The second-order valence-electron chi connectivity index (χ2n) is 4.81. The zero-order valence-corrected chi connectivity index (χ0v) is 10.8. The van der Waals surface area contributed by atoms with Crippen molar-refractivity contribution in [3.05, 3.63) is 12.4 Å². The van der Waals surface area contributed by atoms with E-state index in [1.165, 1.54) is 0 Å². The molecule has 1 aliphatic rings. The highest BCUT2D eigenvalue weighted by atomic mass is 16.2. The first-order valence-electron chi connectivity index (χ1n) is 6.10. The number of amides is 1. The molecule has 0 aliphatic carbocycles. The molecule has 1 aliphatic heterocycles. The summed E-state index contributed by atoms with van der Waals surface area (Å²) in [5.41, 5.74) is 0. The van der Waals surface area contributed by atoms with Crippen LogP contribution in [0, 0.1) is 5.92 Å². The molecular formula is C12H20N4O. The molecule has 0 spiro atoms. The number of carbonyl (C=O) groups excluding carboxylic acids is 1. The van der Waals surface area contributed by atoms with E-state index < -0.39 is 0 Å². The van der Waals surface area contributed by atoms with Crippen molar-refractivity contribution in [2.75, 3.05) is 31.1 Å². The van der Waals surface area contributed by atoms with Crippen LogP contribution in [0.25, 0.3) is 0 Å². The van der Waals surface area contributed by atoms with E-state index in [4.69, 9.17) is 0 Å². The summed E-state index contributed by atoms with van der Waals surface area (Å²) in [4.78, 5) is 20.3. The third kappa shape index (κ3) is 2.43. The van der Waals surface area contributed by atoms with Crippen LogP contribution in [-0.4, -0.2) is 46.5 Å². The highest BCUT2D eigenvalue weighted by Crippen LogP contribution is 2.14. The number of aryl methyl sites for hydroxylation is 1. The summed E-state index contributed by atoms with van der Waals surface area (Å²) in [6.45, 7) is 7.22. The number of anilines is 1. The molecular weight excluding hydrogens is 216 g/mol. The number of nitrogens with zero attached hydrogens (tertiary/aromatic N) is 4. The fraction of sp³-hybridized carbons (Fsp3) is 0.667. The lowest BCUT2D eigenvalue weighted by molar-refractivity contribution is -0.134. The predicted molar refractivity (Wildman–Crippen MR) is 66.8 cm³/mol. The van der Waals surface area contributed by atoms with Gasteiger partial charge in [0.1, 0.15) is 0 Å². The van der Waals surface area contributed by atoms with Gasteiger partial charge in [-0.1, -0.05) is 13.8 Å². The molecule has 0 N–H and O–H groups in total. The van der Waals surface area contributed by atoms with E-state index in [2.05, 4.69) is 9.88 Å². The van der Waals surface area contributed by atoms with Crippen molar-refractivity contribution >= 4 is 11.9 Å². The largest absolute Gasteiger partial charge is 0.339 e. The Hall–Kier alpha value is -1.52. The fourth-order valence-electron chi connectivity index (χ4n) is 2.15. The lowest BCUT2D eigenvalue weighted by Crippen LogP contribution is -2.50. The lowest BCUT2D eigenvalue weighted by Gasteiger charge is -2.36. The smallest absolute Gasteiger partial charge is 0.225 e. The number of rotatable bonds is 2. The topological polar surface area (TPSA) is 41.4 Å². The van der Waals surface area contributed by atoms with Gasteiger partial charge in [0, 0.05) is 51.5 Å². The molecule has 94 valence electrons. The number of imidazole rings is 1. The average molecular weight is 236 g/mol. The van der Waals surface area contributed by atoms with Gasteiger partial charge < -0.3 is 14.4 Å². The summed E-state index contributed by atoms with van der Waals surface area (Å²) < 4.78 is 2.01. The van der Waals surface area contributed by atoms with E-state index in [-0.39, 0.29) is 11.8 Å². The van der Waals surface area contributed by atoms with Crippen LogP contribution in [-0.2, 0) is 11.8 Å². The van der Waals surface area contributed by atoms with E-state index in [0.29, 0.717) is 0 Å². The molecule has 17 heavy (non-hydrogen) atoms. The minimum absolute atomic E-state index is 0.0923. The standard InChI is InChI=1S/C12H20N4O/c1-10(2)11(17)15-6-8-16(9-7-15)12-13-4-5-14(12)3/h4-5,10H,6-9H2,1-3H3. The van der Waals surface area contributed by atoms with Crippen LogP contribution >= 0.6 is 0 Å². The molecule has 0 bridgehead atoms. The highest BCUT2D eigenvalue weighted by molar-refractivity contribution is 5.78. The van der Waals surface area contributed by atoms with Gasteiger partial charge in [-0.05, 0) is 0 Å². The van der Waals surface area contributed by atoms with Crippen molar-refractivity contribution in [3.63, 3.8) is 0 Å². The monoisotopic (exact) mass is 236 g/mol. The predicted octanol–water partition coefficient (Wildman–Crippen LogP) is 0.725. The van der Waals surface area contributed by atoms with E-state index in [1.807, 2.05) is 36.6 Å². The second kappa shape index (κ2) is 4.77. The molecule has 1 aromatic heterocycles. The fourth-order valence-corrected chi connectivity index (χ4v) is 2.15. The zero-order valence-electron chi connectivity index (χ0n) is 10.8. The zero-order chi connectivity index (χ0) is 12.4. The molecule has 0 aromatic carbocycles. The Balaban J connectivity index is 1.95. The van der Waals surface area contributed by atoms with Gasteiger partial charge in [-0.3, -0.25) is 4.79 Å². The van der Waals surface area contributed by atoms with Crippen LogP contribution in [0.1, 0.15) is 13.8 Å². The molecule has 0 saturated carbocycles. The van der Waals surface area contributed by atoms with Crippen LogP contribution < -0.4 is 4.90 Å². The average Bonchev–Trinajstić information content (AvgIpc) is 2.74. The van der Waals surface area contributed by atoms with Crippen molar-refractivity contribution in [1.29, 1.82) is 0 Å². The molecule has 0 radical (unpaired) electrons. The maximum absolute atomic E-state index is 11.8. The molecule has 2 heterocycles. The number of hydrogen-bond acceptors (Lipinski definition) is 3. The summed E-state index contributed by atoms with van der Waals surface area (Å²) >= 11 is 0. The van der Waals surface area contributed by atoms with Gasteiger partial charge in [-0.2, -0.15) is 0 Å². The first-order valence-corrected chi connectivity index (χ1v) is 6.10. The summed E-state index contributed by atoms with van der Waals surface area (Å²) in [6.07, 6.45) is 3.75. The lowest BCUT2D eigenvalue weighted by atomic mass is 10.1. The Morgan fingerprint density at radius 3 is 2.41 bits per heavy atom. The molecule has 1 fully saturated rings.